The fraction of sp³-hybridized carbons (Fsp3) is 0.250. The quantitative estimate of drug-likeness (QED) is 0.754. The molecule has 0 N–H and O–H groups in total. The molecule has 0 aliphatic carbocycles. The fourth-order valence-electron chi connectivity index (χ4n) is 1.87. The molecule has 0 aliphatic rings. The van der Waals surface area contributed by atoms with Gasteiger partial charge in [0, 0.05) is 0 Å². The van der Waals surface area contributed by atoms with E-state index in [0.29, 0.717) is 5.75 Å². The molecule has 0 saturated heterocycles. The third-order valence-electron chi connectivity index (χ3n) is 2.75. The van der Waals surface area contributed by atoms with Gasteiger partial charge < -0.3 is 4.74 Å². The van der Waals surface area contributed by atoms with E-state index in [0.717, 1.165) is 23.3 Å². The molecule has 0 amide bonds. The van der Waals surface area contributed by atoms with Crippen LogP contribution in [0.25, 0.3) is 11.1 Å². The number of rotatable bonds is 3. The molecular formula is C16H15F3O. The molecule has 0 bridgehead atoms. The van der Waals surface area contributed by atoms with Gasteiger partial charge in [0.15, 0.2) is 0 Å². The number of halogens is 3. The Bertz CT molecular complexity index is 571. The molecular weight excluding hydrogens is 265 g/mol. The maximum absolute atomic E-state index is 12.5. The summed E-state index contributed by atoms with van der Waals surface area (Å²) in [7, 11) is 0. The second-order valence-corrected chi connectivity index (χ2v) is 4.77. The Morgan fingerprint density at radius 3 is 2.10 bits per heavy atom. The van der Waals surface area contributed by atoms with Crippen LogP contribution in [0.15, 0.2) is 48.5 Å². The van der Waals surface area contributed by atoms with Crippen LogP contribution in [0.4, 0.5) is 13.2 Å². The average Bonchev–Trinajstić information content (AvgIpc) is 2.37. The summed E-state index contributed by atoms with van der Waals surface area (Å²) in [4.78, 5) is 0. The van der Waals surface area contributed by atoms with Crippen molar-refractivity contribution in [2.45, 2.75) is 26.1 Å². The van der Waals surface area contributed by atoms with E-state index < -0.39 is 11.7 Å². The average molecular weight is 280 g/mol. The molecule has 0 saturated carbocycles. The highest BCUT2D eigenvalue weighted by molar-refractivity contribution is 5.65. The summed E-state index contributed by atoms with van der Waals surface area (Å²) in [5.41, 5.74) is 0.917. The summed E-state index contributed by atoms with van der Waals surface area (Å²) in [6.45, 7) is 3.84. The van der Waals surface area contributed by atoms with Crippen molar-refractivity contribution in [2.24, 2.45) is 0 Å². The highest BCUT2D eigenvalue weighted by Crippen LogP contribution is 2.31. The zero-order chi connectivity index (χ0) is 14.8. The Morgan fingerprint density at radius 2 is 1.55 bits per heavy atom. The van der Waals surface area contributed by atoms with Crippen molar-refractivity contribution in [3.8, 4) is 16.9 Å². The van der Waals surface area contributed by atoms with Crippen LogP contribution >= 0.6 is 0 Å². The number of alkyl halides is 3. The van der Waals surface area contributed by atoms with Crippen LogP contribution in [0, 0.1) is 0 Å². The third-order valence-corrected chi connectivity index (χ3v) is 2.75. The van der Waals surface area contributed by atoms with Crippen LogP contribution in [-0.2, 0) is 6.18 Å². The second kappa shape index (κ2) is 5.57. The molecule has 0 heterocycles. The van der Waals surface area contributed by atoms with E-state index in [-0.39, 0.29) is 6.10 Å². The molecule has 2 aromatic carbocycles. The van der Waals surface area contributed by atoms with Gasteiger partial charge in [0.2, 0.25) is 0 Å². The number of ether oxygens (including phenoxy) is 1. The summed E-state index contributed by atoms with van der Waals surface area (Å²) in [5.74, 6) is 0.706. The maximum atomic E-state index is 12.5. The number of hydrogen-bond acceptors (Lipinski definition) is 1. The molecule has 20 heavy (non-hydrogen) atoms. The molecule has 1 nitrogen and oxygen atoms in total. The molecule has 0 fully saturated rings. The van der Waals surface area contributed by atoms with E-state index in [1.807, 2.05) is 38.1 Å². The summed E-state index contributed by atoms with van der Waals surface area (Å²) >= 11 is 0. The van der Waals surface area contributed by atoms with Gasteiger partial charge in [0.05, 0.1) is 11.7 Å². The normalized spacial score (nSPS) is 11.7. The second-order valence-electron chi connectivity index (χ2n) is 4.77. The van der Waals surface area contributed by atoms with Crippen LogP contribution in [0.3, 0.4) is 0 Å². The van der Waals surface area contributed by atoms with Gasteiger partial charge in [-0.3, -0.25) is 0 Å². The first kappa shape index (κ1) is 14.4. The van der Waals surface area contributed by atoms with E-state index in [1.54, 1.807) is 0 Å². The van der Waals surface area contributed by atoms with Gasteiger partial charge in [-0.25, -0.2) is 0 Å². The van der Waals surface area contributed by atoms with Gasteiger partial charge in [0.25, 0.3) is 0 Å². The number of benzene rings is 2. The van der Waals surface area contributed by atoms with Crippen molar-refractivity contribution in [3.63, 3.8) is 0 Å². The topological polar surface area (TPSA) is 9.23 Å². The van der Waals surface area contributed by atoms with Crippen LogP contribution < -0.4 is 4.74 Å². The van der Waals surface area contributed by atoms with Gasteiger partial charge in [-0.15, -0.1) is 0 Å². The Balaban J connectivity index is 2.28. The summed E-state index contributed by atoms with van der Waals surface area (Å²) in [6, 6.07) is 12.4. The van der Waals surface area contributed by atoms with E-state index in [4.69, 9.17) is 4.74 Å². The molecule has 0 radical (unpaired) electrons. The van der Waals surface area contributed by atoms with Crippen molar-refractivity contribution in [3.05, 3.63) is 54.1 Å². The minimum absolute atomic E-state index is 0.0536. The van der Waals surface area contributed by atoms with Crippen LogP contribution in [-0.4, -0.2) is 6.10 Å². The molecule has 106 valence electrons. The Hall–Kier alpha value is -1.97. The minimum Gasteiger partial charge on any atom is -0.491 e. The summed E-state index contributed by atoms with van der Waals surface area (Å²) < 4.78 is 43.1. The molecule has 2 aromatic rings. The van der Waals surface area contributed by atoms with E-state index in [1.165, 1.54) is 12.1 Å². The zero-order valence-corrected chi connectivity index (χ0v) is 11.2. The zero-order valence-electron chi connectivity index (χ0n) is 11.2. The van der Waals surface area contributed by atoms with Gasteiger partial charge in [-0.1, -0.05) is 24.3 Å². The molecule has 0 aliphatic heterocycles. The molecule has 0 unspecified atom stereocenters. The smallest absolute Gasteiger partial charge is 0.416 e. The molecule has 4 heteroatoms. The lowest BCUT2D eigenvalue weighted by Gasteiger charge is -2.11. The minimum atomic E-state index is -4.30. The molecule has 2 rings (SSSR count). The van der Waals surface area contributed by atoms with Crippen molar-refractivity contribution < 1.29 is 17.9 Å². The van der Waals surface area contributed by atoms with Crippen LogP contribution in [0.1, 0.15) is 19.4 Å². The highest BCUT2D eigenvalue weighted by Gasteiger charge is 2.29. The highest BCUT2D eigenvalue weighted by atomic mass is 19.4. The molecule has 0 aromatic heterocycles. The van der Waals surface area contributed by atoms with Crippen LogP contribution in [0.2, 0.25) is 0 Å². The van der Waals surface area contributed by atoms with Gasteiger partial charge in [-0.2, -0.15) is 13.2 Å². The predicted octanol–water partition coefficient (Wildman–Crippen LogP) is 5.16. The van der Waals surface area contributed by atoms with Gasteiger partial charge in [0.1, 0.15) is 5.75 Å². The first-order valence-electron chi connectivity index (χ1n) is 6.30. The number of hydrogen-bond donors (Lipinski definition) is 0. The predicted molar refractivity (Wildman–Crippen MR) is 72.6 cm³/mol. The SMILES string of the molecule is CC(C)Oc1cccc(-c2ccc(C(F)(F)F)cc2)c1. The Labute approximate surface area is 116 Å². The van der Waals surface area contributed by atoms with Crippen molar-refractivity contribution >= 4 is 0 Å². The first-order valence-corrected chi connectivity index (χ1v) is 6.30. The van der Waals surface area contributed by atoms with Gasteiger partial charge >= 0.3 is 6.18 Å². The first-order chi connectivity index (χ1) is 9.36. The van der Waals surface area contributed by atoms with E-state index in [9.17, 15) is 13.2 Å². The fourth-order valence-corrected chi connectivity index (χ4v) is 1.87. The van der Waals surface area contributed by atoms with E-state index in [2.05, 4.69) is 0 Å². The van der Waals surface area contributed by atoms with Crippen molar-refractivity contribution in [2.75, 3.05) is 0 Å². The van der Waals surface area contributed by atoms with Crippen LogP contribution in [0.5, 0.6) is 5.75 Å². The monoisotopic (exact) mass is 280 g/mol. The Morgan fingerprint density at radius 1 is 0.900 bits per heavy atom. The summed E-state index contributed by atoms with van der Waals surface area (Å²) in [6.07, 6.45) is -4.25. The Kier molecular flexibility index (Phi) is 4.02. The lowest BCUT2D eigenvalue weighted by Crippen LogP contribution is -2.05. The van der Waals surface area contributed by atoms with Crippen molar-refractivity contribution in [1.29, 1.82) is 0 Å². The lowest BCUT2D eigenvalue weighted by molar-refractivity contribution is -0.137. The standard InChI is InChI=1S/C16H15F3O/c1-11(2)20-15-5-3-4-13(10-15)12-6-8-14(9-7-12)16(17,18)19/h3-11H,1-2H3. The largest absolute Gasteiger partial charge is 0.491 e. The molecule has 0 atom stereocenters. The molecule has 0 spiro atoms. The third kappa shape index (κ3) is 3.53. The summed E-state index contributed by atoms with van der Waals surface area (Å²) in [5, 5.41) is 0. The van der Waals surface area contributed by atoms with E-state index >= 15 is 0 Å². The van der Waals surface area contributed by atoms with Crippen molar-refractivity contribution in [1.82, 2.24) is 0 Å². The maximum Gasteiger partial charge on any atom is 0.416 e. The lowest BCUT2D eigenvalue weighted by atomic mass is 10.0. The van der Waals surface area contributed by atoms with Gasteiger partial charge in [-0.05, 0) is 49.2 Å².